The number of nitrogens with one attached hydrogen (secondary N) is 1. The molecule has 1 aromatic heterocycles. The van der Waals surface area contributed by atoms with Crippen LogP contribution in [-0.4, -0.2) is 28.8 Å². The van der Waals surface area contributed by atoms with Gasteiger partial charge in [-0.2, -0.15) is 13.2 Å². The van der Waals surface area contributed by atoms with Crippen molar-refractivity contribution in [3.05, 3.63) is 34.7 Å². The first-order valence-corrected chi connectivity index (χ1v) is 6.99. The number of esters is 1. The molecule has 2 N–H and O–H groups in total. The van der Waals surface area contributed by atoms with Crippen LogP contribution < -0.4 is 0 Å². The van der Waals surface area contributed by atoms with Crippen molar-refractivity contribution in [1.82, 2.24) is 4.98 Å². The number of hydrogen-bond donors (Lipinski definition) is 2. The van der Waals surface area contributed by atoms with E-state index in [1.807, 2.05) is 13.0 Å². The molecule has 0 spiro atoms. The number of aromatic amines is 1. The van der Waals surface area contributed by atoms with Gasteiger partial charge in [-0.25, -0.2) is 0 Å². The van der Waals surface area contributed by atoms with Gasteiger partial charge in [-0.15, -0.1) is 0 Å². The van der Waals surface area contributed by atoms with Crippen molar-refractivity contribution in [2.75, 3.05) is 6.61 Å². The summed E-state index contributed by atoms with van der Waals surface area (Å²) < 4.78 is 44.6. The number of fused-ring (bicyclic) bond motifs is 1. The number of hydrogen-bond acceptors (Lipinski definition) is 3. The quantitative estimate of drug-likeness (QED) is 0.663. The summed E-state index contributed by atoms with van der Waals surface area (Å²) >= 11 is 0. The molecule has 1 aliphatic rings. The zero-order valence-corrected chi connectivity index (χ0v) is 12.4. The first-order chi connectivity index (χ1) is 10.2. The van der Waals surface area contributed by atoms with Crippen LogP contribution in [0.5, 0.6) is 0 Å². The molecule has 7 heteroatoms. The number of aliphatic hydroxyl groups is 1. The number of carbonyl (C=O) groups excluding carboxylic acids is 1. The number of ether oxygens (including phenoxy) is 1. The third-order valence-electron chi connectivity index (χ3n) is 3.74. The highest BCUT2D eigenvalue weighted by Gasteiger charge is 2.57. The molecular weight excluding hydrogens is 299 g/mol. The Morgan fingerprint density at radius 3 is 2.73 bits per heavy atom. The van der Waals surface area contributed by atoms with Crippen LogP contribution in [0.15, 0.2) is 17.7 Å². The molecule has 4 nitrogen and oxygen atoms in total. The van der Waals surface area contributed by atoms with Crippen LogP contribution in [0.2, 0.25) is 0 Å². The Labute approximate surface area is 126 Å². The van der Waals surface area contributed by atoms with Gasteiger partial charge in [0.1, 0.15) is 0 Å². The zero-order chi connectivity index (χ0) is 16.5. The van der Waals surface area contributed by atoms with Gasteiger partial charge in [0, 0.05) is 12.1 Å². The number of aromatic nitrogens is 1. The molecular formula is C15H18F3NO3. The van der Waals surface area contributed by atoms with E-state index in [9.17, 15) is 23.1 Å². The van der Waals surface area contributed by atoms with E-state index in [0.29, 0.717) is 24.1 Å². The SMILES string of the molecule is CCOC(=O)CC(O)(c1cc2c([nH]1)CC=C(C)C2)C(F)(F)F. The van der Waals surface area contributed by atoms with E-state index in [4.69, 9.17) is 0 Å². The van der Waals surface area contributed by atoms with Crippen LogP contribution in [-0.2, 0) is 28.0 Å². The van der Waals surface area contributed by atoms with Crippen molar-refractivity contribution in [2.24, 2.45) is 0 Å². The summed E-state index contributed by atoms with van der Waals surface area (Å²) in [5, 5.41) is 10.2. The lowest BCUT2D eigenvalue weighted by Gasteiger charge is -2.28. The van der Waals surface area contributed by atoms with Crippen LogP contribution in [0.3, 0.4) is 0 Å². The highest BCUT2D eigenvalue weighted by atomic mass is 19.4. The molecule has 122 valence electrons. The summed E-state index contributed by atoms with van der Waals surface area (Å²) in [5.74, 6) is -1.09. The van der Waals surface area contributed by atoms with E-state index >= 15 is 0 Å². The lowest BCUT2D eigenvalue weighted by atomic mass is 9.93. The second-order valence-corrected chi connectivity index (χ2v) is 5.46. The van der Waals surface area contributed by atoms with Gasteiger partial charge in [0.05, 0.1) is 18.7 Å². The number of H-pyrrole nitrogens is 1. The molecule has 0 fully saturated rings. The Bertz CT molecular complexity index is 604. The number of carbonyl (C=O) groups is 1. The molecule has 0 bridgehead atoms. The Hall–Kier alpha value is -1.76. The molecule has 2 rings (SSSR count). The fraction of sp³-hybridized carbons (Fsp3) is 0.533. The van der Waals surface area contributed by atoms with E-state index in [-0.39, 0.29) is 6.61 Å². The number of alkyl halides is 3. The van der Waals surface area contributed by atoms with Gasteiger partial charge in [0.15, 0.2) is 0 Å². The van der Waals surface area contributed by atoms with Gasteiger partial charge >= 0.3 is 12.1 Å². The summed E-state index contributed by atoms with van der Waals surface area (Å²) in [5.41, 5.74) is -1.29. The third-order valence-corrected chi connectivity index (χ3v) is 3.74. The minimum atomic E-state index is -4.99. The normalized spacial score (nSPS) is 17.5. The van der Waals surface area contributed by atoms with Crippen molar-refractivity contribution >= 4 is 5.97 Å². The van der Waals surface area contributed by atoms with Crippen LogP contribution in [0.25, 0.3) is 0 Å². The summed E-state index contributed by atoms with van der Waals surface area (Å²) in [7, 11) is 0. The minimum Gasteiger partial charge on any atom is -0.466 e. The maximum Gasteiger partial charge on any atom is 0.423 e. The van der Waals surface area contributed by atoms with Crippen molar-refractivity contribution in [3.8, 4) is 0 Å². The van der Waals surface area contributed by atoms with Gasteiger partial charge < -0.3 is 14.8 Å². The molecule has 1 unspecified atom stereocenters. The maximum absolute atomic E-state index is 13.3. The molecule has 0 aromatic carbocycles. The van der Waals surface area contributed by atoms with E-state index in [1.54, 1.807) is 0 Å². The van der Waals surface area contributed by atoms with Crippen molar-refractivity contribution in [2.45, 2.75) is 44.9 Å². The Kier molecular flexibility index (Phi) is 4.37. The summed E-state index contributed by atoms with van der Waals surface area (Å²) in [4.78, 5) is 14.1. The van der Waals surface area contributed by atoms with Crippen LogP contribution in [0.4, 0.5) is 13.2 Å². The molecule has 1 heterocycles. The molecule has 22 heavy (non-hydrogen) atoms. The van der Waals surface area contributed by atoms with E-state index < -0.39 is 29.9 Å². The summed E-state index contributed by atoms with van der Waals surface area (Å²) in [6.07, 6.45) is -3.24. The first-order valence-electron chi connectivity index (χ1n) is 6.99. The number of halogens is 3. The molecule has 1 atom stereocenters. The van der Waals surface area contributed by atoms with Gasteiger partial charge in [0.25, 0.3) is 0 Å². The van der Waals surface area contributed by atoms with E-state index in [0.717, 1.165) is 5.57 Å². The lowest BCUT2D eigenvalue weighted by molar-refractivity contribution is -0.270. The van der Waals surface area contributed by atoms with Crippen molar-refractivity contribution in [3.63, 3.8) is 0 Å². The average Bonchev–Trinajstić information content (AvgIpc) is 2.80. The standard InChI is InChI=1S/C15H18F3NO3/c1-3-22-13(20)8-14(21,15(16,17)18)12-7-10-6-9(2)4-5-11(10)19-12/h4,7,19,21H,3,5-6,8H2,1-2H3. The monoisotopic (exact) mass is 317 g/mol. The van der Waals surface area contributed by atoms with Crippen molar-refractivity contribution in [1.29, 1.82) is 0 Å². The lowest BCUT2D eigenvalue weighted by Crippen LogP contribution is -2.44. The Balaban J connectivity index is 2.37. The zero-order valence-electron chi connectivity index (χ0n) is 12.4. The molecule has 0 saturated carbocycles. The first kappa shape index (κ1) is 16.6. The second kappa shape index (κ2) is 5.79. The Morgan fingerprint density at radius 1 is 1.45 bits per heavy atom. The fourth-order valence-corrected chi connectivity index (χ4v) is 2.52. The topological polar surface area (TPSA) is 62.3 Å². The number of allylic oxidation sites excluding steroid dienone is 2. The smallest absolute Gasteiger partial charge is 0.423 e. The maximum atomic E-state index is 13.3. The minimum absolute atomic E-state index is 0.0445. The second-order valence-electron chi connectivity index (χ2n) is 5.46. The van der Waals surface area contributed by atoms with Gasteiger partial charge in [-0.1, -0.05) is 11.6 Å². The van der Waals surface area contributed by atoms with Gasteiger partial charge in [0.2, 0.25) is 5.60 Å². The molecule has 0 saturated heterocycles. The predicted octanol–water partition coefficient (Wildman–Crippen LogP) is 2.76. The Morgan fingerprint density at radius 2 is 2.14 bits per heavy atom. The van der Waals surface area contributed by atoms with Crippen LogP contribution in [0, 0.1) is 0 Å². The highest BCUT2D eigenvalue weighted by molar-refractivity contribution is 5.71. The molecule has 1 aliphatic carbocycles. The van der Waals surface area contributed by atoms with Gasteiger partial charge in [-0.05, 0) is 31.9 Å². The largest absolute Gasteiger partial charge is 0.466 e. The molecule has 0 aliphatic heterocycles. The van der Waals surface area contributed by atoms with E-state index in [1.165, 1.54) is 13.0 Å². The molecule has 0 amide bonds. The summed E-state index contributed by atoms with van der Waals surface area (Å²) in [6, 6.07) is 1.29. The predicted molar refractivity (Wildman–Crippen MR) is 73.2 cm³/mol. The van der Waals surface area contributed by atoms with Crippen LogP contribution >= 0.6 is 0 Å². The molecule has 0 radical (unpaired) electrons. The van der Waals surface area contributed by atoms with E-state index in [2.05, 4.69) is 9.72 Å². The summed E-state index contributed by atoms with van der Waals surface area (Å²) in [6.45, 7) is 3.34. The third kappa shape index (κ3) is 3.04. The molecule has 1 aromatic rings. The average molecular weight is 317 g/mol. The fourth-order valence-electron chi connectivity index (χ4n) is 2.52. The van der Waals surface area contributed by atoms with Crippen LogP contribution in [0.1, 0.15) is 37.2 Å². The number of rotatable bonds is 4. The van der Waals surface area contributed by atoms with Crippen molar-refractivity contribution < 1.29 is 27.8 Å². The van der Waals surface area contributed by atoms with Gasteiger partial charge in [-0.3, -0.25) is 4.79 Å². The highest BCUT2D eigenvalue weighted by Crippen LogP contribution is 2.42.